The van der Waals surface area contributed by atoms with E-state index in [0.717, 1.165) is 30.3 Å². The molecule has 20 heavy (non-hydrogen) atoms. The Kier molecular flexibility index (Phi) is 6.15. The number of carbonyl (C=O) groups excluding carboxylic acids is 1. The summed E-state index contributed by atoms with van der Waals surface area (Å²) in [6.45, 7) is 4.12. The van der Waals surface area contributed by atoms with Crippen LogP contribution in [0.1, 0.15) is 51.9 Å². The first-order chi connectivity index (χ1) is 9.59. The Morgan fingerprint density at radius 1 is 1.20 bits per heavy atom. The van der Waals surface area contributed by atoms with E-state index < -0.39 is 0 Å². The first-order valence-electron chi connectivity index (χ1n) is 7.82. The zero-order chi connectivity index (χ0) is 14.5. The second-order valence-corrected chi connectivity index (χ2v) is 7.94. The molecule has 1 saturated carbocycles. The van der Waals surface area contributed by atoms with Crippen LogP contribution in [-0.4, -0.2) is 51.5 Å². The van der Waals surface area contributed by atoms with Gasteiger partial charge in [0.1, 0.15) is 4.32 Å². The smallest absolute Gasteiger partial charge is 0.235 e. The van der Waals surface area contributed by atoms with Crippen LogP contribution in [0.4, 0.5) is 0 Å². The molecule has 1 unspecified atom stereocenters. The summed E-state index contributed by atoms with van der Waals surface area (Å²) in [5, 5.41) is -0.0602. The summed E-state index contributed by atoms with van der Waals surface area (Å²) >= 11 is 7.03. The number of hydrogen-bond donors (Lipinski definition) is 0. The van der Waals surface area contributed by atoms with Crippen LogP contribution in [0, 0.1) is 0 Å². The van der Waals surface area contributed by atoms with Gasteiger partial charge in [0.15, 0.2) is 0 Å². The Hall–Kier alpha value is -0.290. The molecule has 0 spiro atoms. The number of amides is 1. The van der Waals surface area contributed by atoms with Crippen LogP contribution >= 0.6 is 24.0 Å². The van der Waals surface area contributed by atoms with Crippen LogP contribution in [0.5, 0.6) is 0 Å². The maximum Gasteiger partial charge on any atom is 0.235 e. The molecule has 1 aliphatic carbocycles. The van der Waals surface area contributed by atoms with Crippen LogP contribution < -0.4 is 0 Å². The SMILES string of the molecule is CC(SC(=S)N1CCCC1)C(=O)N(C)C1CCCCC1. The number of likely N-dealkylation sites (tertiary alicyclic amines) is 1. The molecule has 0 aromatic rings. The summed E-state index contributed by atoms with van der Waals surface area (Å²) < 4.78 is 0.903. The number of rotatable bonds is 3. The highest BCUT2D eigenvalue weighted by Gasteiger charge is 2.27. The van der Waals surface area contributed by atoms with E-state index >= 15 is 0 Å². The van der Waals surface area contributed by atoms with Crippen molar-refractivity contribution in [1.82, 2.24) is 9.80 Å². The fraction of sp³-hybridized carbons (Fsp3) is 0.867. The minimum absolute atomic E-state index is 0.0602. The van der Waals surface area contributed by atoms with E-state index in [4.69, 9.17) is 12.2 Å². The van der Waals surface area contributed by atoms with Crippen molar-refractivity contribution >= 4 is 34.2 Å². The molecule has 1 heterocycles. The lowest BCUT2D eigenvalue weighted by Gasteiger charge is -2.33. The van der Waals surface area contributed by atoms with E-state index in [2.05, 4.69) is 4.90 Å². The average Bonchev–Trinajstić information content (AvgIpc) is 3.01. The molecule has 1 aliphatic heterocycles. The molecule has 5 heteroatoms. The zero-order valence-corrected chi connectivity index (χ0v) is 14.3. The molecule has 114 valence electrons. The fourth-order valence-corrected chi connectivity index (χ4v) is 4.63. The first kappa shape index (κ1) is 16.1. The standard InChI is InChI=1S/C15H26N2OS2/c1-12(20-15(19)17-10-6-7-11-17)14(18)16(2)13-8-4-3-5-9-13/h12-13H,3-11H2,1-2H3. The van der Waals surface area contributed by atoms with Crippen molar-refractivity contribution in [1.29, 1.82) is 0 Å². The third kappa shape index (κ3) is 4.10. The maximum atomic E-state index is 12.5. The third-order valence-corrected chi connectivity index (χ3v) is 6.02. The Morgan fingerprint density at radius 2 is 1.80 bits per heavy atom. The third-order valence-electron chi connectivity index (χ3n) is 4.46. The lowest BCUT2D eigenvalue weighted by Crippen LogP contribution is -2.42. The van der Waals surface area contributed by atoms with Crippen LogP contribution in [-0.2, 0) is 4.79 Å². The Labute approximate surface area is 132 Å². The summed E-state index contributed by atoms with van der Waals surface area (Å²) in [6.07, 6.45) is 8.62. The zero-order valence-electron chi connectivity index (χ0n) is 12.6. The number of thioether (sulfide) groups is 1. The van der Waals surface area contributed by atoms with E-state index in [-0.39, 0.29) is 11.2 Å². The van der Waals surface area contributed by atoms with Gasteiger partial charge in [-0.25, -0.2) is 0 Å². The summed E-state index contributed by atoms with van der Waals surface area (Å²) in [4.78, 5) is 16.7. The second kappa shape index (κ2) is 7.64. The largest absolute Gasteiger partial charge is 0.358 e. The second-order valence-electron chi connectivity index (χ2n) is 5.96. The van der Waals surface area contributed by atoms with E-state index in [1.807, 2.05) is 18.9 Å². The minimum Gasteiger partial charge on any atom is -0.358 e. The van der Waals surface area contributed by atoms with Gasteiger partial charge in [-0.2, -0.15) is 0 Å². The van der Waals surface area contributed by atoms with Crippen molar-refractivity contribution in [3.05, 3.63) is 0 Å². The van der Waals surface area contributed by atoms with Gasteiger partial charge in [0, 0.05) is 26.2 Å². The van der Waals surface area contributed by atoms with E-state index in [0.29, 0.717) is 6.04 Å². The van der Waals surface area contributed by atoms with E-state index in [1.54, 1.807) is 11.8 Å². The van der Waals surface area contributed by atoms with Crippen LogP contribution in [0.25, 0.3) is 0 Å². The van der Waals surface area contributed by atoms with Gasteiger partial charge in [0.25, 0.3) is 0 Å². The molecule has 2 rings (SSSR count). The lowest BCUT2D eigenvalue weighted by molar-refractivity contribution is -0.131. The first-order valence-corrected chi connectivity index (χ1v) is 9.10. The van der Waals surface area contributed by atoms with Crippen LogP contribution in [0.15, 0.2) is 0 Å². The lowest BCUT2D eigenvalue weighted by atomic mass is 9.94. The molecule has 0 aromatic heterocycles. The number of carbonyl (C=O) groups is 1. The van der Waals surface area contributed by atoms with Crippen LogP contribution in [0.2, 0.25) is 0 Å². The van der Waals surface area contributed by atoms with Gasteiger partial charge in [-0.1, -0.05) is 43.2 Å². The Bertz CT molecular complexity index is 350. The number of nitrogens with zero attached hydrogens (tertiary/aromatic N) is 2. The van der Waals surface area contributed by atoms with Gasteiger partial charge in [-0.15, -0.1) is 0 Å². The normalized spacial score (nSPS) is 21.8. The van der Waals surface area contributed by atoms with Crippen molar-refractivity contribution in [2.24, 2.45) is 0 Å². The van der Waals surface area contributed by atoms with Crippen molar-refractivity contribution in [3.63, 3.8) is 0 Å². The highest BCUT2D eigenvalue weighted by molar-refractivity contribution is 8.23. The van der Waals surface area contributed by atoms with Gasteiger partial charge < -0.3 is 9.80 Å². The van der Waals surface area contributed by atoms with Gasteiger partial charge in [0.05, 0.1) is 5.25 Å². The maximum absolute atomic E-state index is 12.5. The quantitative estimate of drug-likeness (QED) is 0.746. The summed E-state index contributed by atoms with van der Waals surface area (Å²) in [5.74, 6) is 0.239. The van der Waals surface area contributed by atoms with E-state index in [1.165, 1.54) is 32.1 Å². The Morgan fingerprint density at radius 3 is 2.40 bits per heavy atom. The molecule has 1 amide bonds. The minimum atomic E-state index is -0.0602. The van der Waals surface area contributed by atoms with Crippen LogP contribution in [0.3, 0.4) is 0 Å². The summed E-state index contributed by atoms with van der Waals surface area (Å²) in [5.41, 5.74) is 0. The molecule has 0 radical (unpaired) electrons. The molecule has 1 saturated heterocycles. The topological polar surface area (TPSA) is 23.6 Å². The van der Waals surface area contributed by atoms with Crippen molar-refractivity contribution in [2.75, 3.05) is 20.1 Å². The van der Waals surface area contributed by atoms with Gasteiger partial charge in [-0.3, -0.25) is 4.79 Å². The molecule has 2 aliphatic rings. The number of hydrogen-bond acceptors (Lipinski definition) is 3. The monoisotopic (exact) mass is 314 g/mol. The highest BCUT2D eigenvalue weighted by atomic mass is 32.2. The van der Waals surface area contributed by atoms with Crippen molar-refractivity contribution in [3.8, 4) is 0 Å². The molecule has 2 fully saturated rings. The predicted molar refractivity (Wildman–Crippen MR) is 90.1 cm³/mol. The molecule has 0 N–H and O–H groups in total. The fourth-order valence-electron chi connectivity index (χ4n) is 3.11. The molecule has 0 bridgehead atoms. The van der Waals surface area contributed by atoms with Crippen molar-refractivity contribution < 1.29 is 4.79 Å². The molecule has 0 aromatic carbocycles. The molecule has 1 atom stereocenters. The summed E-state index contributed by atoms with van der Waals surface area (Å²) in [7, 11) is 1.97. The van der Waals surface area contributed by atoms with Crippen molar-refractivity contribution in [2.45, 2.75) is 63.2 Å². The average molecular weight is 315 g/mol. The highest BCUT2D eigenvalue weighted by Crippen LogP contribution is 2.25. The predicted octanol–water partition coefficient (Wildman–Crippen LogP) is 3.28. The molecule has 3 nitrogen and oxygen atoms in total. The van der Waals surface area contributed by atoms with Gasteiger partial charge in [-0.05, 0) is 32.6 Å². The number of thiocarbonyl (C=S) groups is 1. The summed E-state index contributed by atoms with van der Waals surface area (Å²) in [6, 6.07) is 0.444. The molecular weight excluding hydrogens is 288 g/mol. The van der Waals surface area contributed by atoms with Gasteiger partial charge in [0.2, 0.25) is 5.91 Å². The Balaban J connectivity index is 1.82. The molecular formula is C15H26N2OS2. The van der Waals surface area contributed by atoms with E-state index in [9.17, 15) is 4.79 Å². The van der Waals surface area contributed by atoms with Gasteiger partial charge >= 0.3 is 0 Å².